The van der Waals surface area contributed by atoms with Crippen LogP contribution in [0.15, 0.2) is 52.1 Å². The van der Waals surface area contributed by atoms with Gasteiger partial charge >= 0.3 is 0 Å². The number of amides is 1. The standard InChI is InChI=1S/C18H15F2N3O3S/c1-10(16(24)21-15-9-12(19)5-8-14(15)20)27-18-23-22-17(26-18)11-3-6-13(25-2)7-4-11/h3-10H,1-2H3,(H,21,24). The van der Waals surface area contributed by atoms with Gasteiger partial charge < -0.3 is 14.5 Å². The predicted octanol–water partition coefficient (Wildman–Crippen LogP) is 4.14. The molecular weight excluding hydrogens is 376 g/mol. The molecule has 0 spiro atoms. The van der Waals surface area contributed by atoms with Crippen LogP contribution >= 0.6 is 11.8 Å². The molecule has 0 aliphatic rings. The molecule has 0 aliphatic carbocycles. The second kappa shape index (κ2) is 8.17. The molecule has 3 aromatic rings. The highest BCUT2D eigenvalue weighted by Crippen LogP contribution is 2.28. The van der Waals surface area contributed by atoms with Gasteiger partial charge in [0.05, 0.1) is 18.0 Å². The number of rotatable bonds is 6. The van der Waals surface area contributed by atoms with Crippen molar-refractivity contribution in [2.45, 2.75) is 17.4 Å². The van der Waals surface area contributed by atoms with Crippen molar-refractivity contribution in [3.63, 3.8) is 0 Å². The predicted molar refractivity (Wildman–Crippen MR) is 96.6 cm³/mol. The van der Waals surface area contributed by atoms with Crippen LogP contribution in [0.2, 0.25) is 0 Å². The number of carbonyl (C=O) groups is 1. The Kier molecular flexibility index (Phi) is 5.70. The molecule has 0 radical (unpaired) electrons. The molecule has 0 fully saturated rings. The lowest BCUT2D eigenvalue weighted by atomic mass is 10.2. The third-order valence-electron chi connectivity index (χ3n) is 3.58. The molecule has 27 heavy (non-hydrogen) atoms. The average molecular weight is 391 g/mol. The molecule has 0 bridgehead atoms. The summed E-state index contributed by atoms with van der Waals surface area (Å²) >= 11 is 1.01. The molecule has 3 rings (SSSR count). The Morgan fingerprint density at radius 1 is 1.19 bits per heavy atom. The number of thioether (sulfide) groups is 1. The van der Waals surface area contributed by atoms with Gasteiger partial charge in [0.25, 0.3) is 5.22 Å². The van der Waals surface area contributed by atoms with Crippen molar-refractivity contribution in [3.8, 4) is 17.2 Å². The minimum absolute atomic E-state index is 0.184. The number of ether oxygens (including phenoxy) is 1. The average Bonchev–Trinajstić information content (AvgIpc) is 3.13. The van der Waals surface area contributed by atoms with E-state index in [1.54, 1.807) is 38.3 Å². The zero-order chi connectivity index (χ0) is 19.4. The summed E-state index contributed by atoms with van der Waals surface area (Å²) in [6, 6.07) is 9.89. The molecule has 0 saturated heterocycles. The lowest BCUT2D eigenvalue weighted by Gasteiger charge is -2.10. The number of nitrogens with zero attached hydrogens (tertiary/aromatic N) is 2. The summed E-state index contributed by atoms with van der Waals surface area (Å²) in [4.78, 5) is 12.2. The fraction of sp³-hybridized carbons (Fsp3) is 0.167. The molecule has 1 amide bonds. The SMILES string of the molecule is COc1ccc(-c2nnc(SC(C)C(=O)Nc3cc(F)ccc3F)o2)cc1. The Bertz CT molecular complexity index is 947. The van der Waals surface area contributed by atoms with Crippen LogP contribution < -0.4 is 10.1 Å². The first kappa shape index (κ1) is 18.8. The summed E-state index contributed by atoms with van der Waals surface area (Å²) in [6.45, 7) is 1.59. The van der Waals surface area contributed by atoms with Crippen molar-refractivity contribution in [2.24, 2.45) is 0 Å². The van der Waals surface area contributed by atoms with Gasteiger partial charge in [-0.05, 0) is 43.3 Å². The maximum Gasteiger partial charge on any atom is 0.277 e. The maximum atomic E-state index is 13.6. The molecule has 1 atom stereocenters. The van der Waals surface area contributed by atoms with Crippen molar-refractivity contribution < 1.29 is 22.7 Å². The van der Waals surface area contributed by atoms with Gasteiger partial charge in [-0.15, -0.1) is 10.2 Å². The fourth-order valence-electron chi connectivity index (χ4n) is 2.14. The van der Waals surface area contributed by atoms with Gasteiger partial charge in [0.15, 0.2) is 0 Å². The van der Waals surface area contributed by atoms with Crippen LogP contribution in [0.1, 0.15) is 6.92 Å². The molecule has 1 N–H and O–H groups in total. The van der Waals surface area contributed by atoms with Gasteiger partial charge in [-0.2, -0.15) is 0 Å². The monoisotopic (exact) mass is 391 g/mol. The minimum atomic E-state index is -0.721. The molecule has 9 heteroatoms. The number of hydrogen-bond acceptors (Lipinski definition) is 6. The van der Waals surface area contributed by atoms with Crippen LogP contribution in [-0.2, 0) is 4.79 Å². The first-order chi connectivity index (χ1) is 13.0. The number of carbonyl (C=O) groups excluding carboxylic acids is 1. The number of hydrogen-bond donors (Lipinski definition) is 1. The summed E-state index contributed by atoms with van der Waals surface area (Å²) in [6.07, 6.45) is 0. The van der Waals surface area contributed by atoms with Gasteiger partial charge in [-0.3, -0.25) is 4.79 Å². The Labute approximate surface area is 157 Å². The van der Waals surface area contributed by atoms with Gasteiger partial charge in [-0.1, -0.05) is 11.8 Å². The summed E-state index contributed by atoms with van der Waals surface area (Å²) in [5.41, 5.74) is 0.478. The molecule has 6 nitrogen and oxygen atoms in total. The van der Waals surface area contributed by atoms with E-state index in [4.69, 9.17) is 9.15 Å². The third kappa shape index (κ3) is 4.62. The summed E-state index contributed by atoms with van der Waals surface area (Å²) in [5, 5.41) is 9.70. The number of benzene rings is 2. The Balaban J connectivity index is 1.65. The Hall–Kier alpha value is -2.94. The second-order valence-corrected chi connectivity index (χ2v) is 6.77. The van der Waals surface area contributed by atoms with Crippen LogP contribution in [-0.4, -0.2) is 28.5 Å². The topological polar surface area (TPSA) is 77.2 Å². The summed E-state index contributed by atoms with van der Waals surface area (Å²) in [5.74, 6) is -0.894. The highest BCUT2D eigenvalue weighted by Gasteiger charge is 2.20. The highest BCUT2D eigenvalue weighted by molar-refractivity contribution is 8.00. The van der Waals surface area contributed by atoms with E-state index in [0.29, 0.717) is 17.2 Å². The Morgan fingerprint density at radius 3 is 2.63 bits per heavy atom. The quantitative estimate of drug-likeness (QED) is 0.637. The maximum absolute atomic E-state index is 13.6. The van der Waals surface area contributed by atoms with E-state index in [1.165, 1.54) is 0 Å². The first-order valence-corrected chi connectivity index (χ1v) is 8.74. The van der Waals surface area contributed by atoms with E-state index in [1.807, 2.05) is 0 Å². The van der Waals surface area contributed by atoms with Crippen molar-refractivity contribution in [3.05, 3.63) is 54.1 Å². The Morgan fingerprint density at radius 2 is 1.93 bits per heavy atom. The number of nitrogens with one attached hydrogen (secondary N) is 1. The van der Waals surface area contributed by atoms with Gasteiger partial charge in [-0.25, -0.2) is 8.78 Å². The third-order valence-corrected chi connectivity index (χ3v) is 4.51. The van der Waals surface area contributed by atoms with Crippen LogP contribution in [0.5, 0.6) is 5.75 Å². The molecule has 1 unspecified atom stereocenters. The summed E-state index contributed by atoms with van der Waals surface area (Å²) < 4.78 is 37.5. The van der Waals surface area contributed by atoms with E-state index >= 15 is 0 Å². The molecular formula is C18H15F2N3O3S. The van der Waals surface area contributed by atoms with Crippen molar-refractivity contribution in [1.82, 2.24) is 10.2 Å². The van der Waals surface area contributed by atoms with E-state index in [-0.39, 0.29) is 10.9 Å². The normalized spacial score (nSPS) is 11.9. The van der Waals surface area contributed by atoms with E-state index in [2.05, 4.69) is 15.5 Å². The zero-order valence-electron chi connectivity index (χ0n) is 14.4. The van der Waals surface area contributed by atoms with E-state index in [0.717, 1.165) is 30.0 Å². The van der Waals surface area contributed by atoms with Crippen LogP contribution in [0, 0.1) is 11.6 Å². The van der Waals surface area contributed by atoms with E-state index < -0.39 is 22.8 Å². The zero-order valence-corrected chi connectivity index (χ0v) is 15.2. The number of aromatic nitrogens is 2. The first-order valence-electron chi connectivity index (χ1n) is 7.87. The van der Waals surface area contributed by atoms with Gasteiger partial charge in [0.1, 0.15) is 17.4 Å². The fourth-order valence-corrected chi connectivity index (χ4v) is 2.82. The molecule has 1 aromatic heterocycles. The lowest BCUT2D eigenvalue weighted by molar-refractivity contribution is -0.115. The smallest absolute Gasteiger partial charge is 0.277 e. The number of methoxy groups -OCH3 is 1. The molecule has 140 valence electrons. The lowest BCUT2D eigenvalue weighted by Crippen LogP contribution is -2.23. The van der Waals surface area contributed by atoms with Crippen LogP contribution in [0.4, 0.5) is 14.5 Å². The van der Waals surface area contributed by atoms with E-state index in [9.17, 15) is 13.6 Å². The molecule has 1 heterocycles. The number of halogens is 2. The number of anilines is 1. The van der Waals surface area contributed by atoms with Crippen molar-refractivity contribution in [1.29, 1.82) is 0 Å². The second-order valence-electron chi connectivity index (χ2n) is 5.48. The molecule has 2 aromatic carbocycles. The van der Waals surface area contributed by atoms with Gasteiger partial charge in [0, 0.05) is 11.6 Å². The van der Waals surface area contributed by atoms with Crippen LogP contribution in [0.3, 0.4) is 0 Å². The minimum Gasteiger partial charge on any atom is -0.497 e. The van der Waals surface area contributed by atoms with Gasteiger partial charge in [0.2, 0.25) is 11.8 Å². The molecule has 0 saturated carbocycles. The highest BCUT2D eigenvalue weighted by atomic mass is 32.2. The van der Waals surface area contributed by atoms with Crippen LogP contribution in [0.25, 0.3) is 11.5 Å². The van der Waals surface area contributed by atoms with Crippen molar-refractivity contribution >= 4 is 23.4 Å². The molecule has 0 aliphatic heterocycles. The largest absolute Gasteiger partial charge is 0.497 e. The van der Waals surface area contributed by atoms with Crippen molar-refractivity contribution in [2.75, 3.05) is 12.4 Å². The summed E-state index contributed by atoms with van der Waals surface area (Å²) in [7, 11) is 1.57.